The lowest BCUT2D eigenvalue weighted by Crippen LogP contribution is -2.30. The van der Waals surface area contributed by atoms with E-state index in [4.69, 9.17) is 9.47 Å². The summed E-state index contributed by atoms with van der Waals surface area (Å²) >= 11 is 0. The molecule has 7 nitrogen and oxygen atoms in total. The first kappa shape index (κ1) is 18.4. The van der Waals surface area contributed by atoms with Crippen LogP contribution in [0.5, 0.6) is 11.5 Å². The number of carbonyl (C=O) groups is 2. The van der Waals surface area contributed by atoms with E-state index in [0.717, 1.165) is 5.56 Å². The summed E-state index contributed by atoms with van der Waals surface area (Å²) in [5.41, 5.74) is 1.49. The highest BCUT2D eigenvalue weighted by molar-refractivity contribution is 6.08. The van der Waals surface area contributed by atoms with E-state index < -0.39 is 17.7 Å². The van der Waals surface area contributed by atoms with E-state index in [1.807, 2.05) is 6.07 Å². The minimum atomic E-state index is -0.727. The minimum Gasteiger partial charge on any atom is -0.503 e. The maximum Gasteiger partial charge on any atom is 0.290 e. The van der Waals surface area contributed by atoms with Crippen LogP contribution in [0.2, 0.25) is 0 Å². The molecule has 0 bridgehead atoms. The molecule has 1 amide bonds. The first-order valence-electron chi connectivity index (χ1n) is 8.33. The molecule has 0 unspecified atom stereocenters. The molecule has 1 N–H and O–H groups in total. The van der Waals surface area contributed by atoms with Crippen LogP contribution < -0.4 is 9.47 Å². The Morgan fingerprint density at radius 3 is 2.56 bits per heavy atom. The van der Waals surface area contributed by atoms with Crippen molar-refractivity contribution in [3.05, 3.63) is 65.2 Å². The summed E-state index contributed by atoms with van der Waals surface area (Å²) in [6.07, 6.45) is 3.28. The van der Waals surface area contributed by atoms with Crippen LogP contribution in [0, 0.1) is 0 Å². The Kier molecular flexibility index (Phi) is 5.12. The molecule has 1 aromatic heterocycles. The number of aliphatic hydroxyl groups is 1. The molecule has 0 fully saturated rings. The molecule has 1 aromatic carbocycles. The number of rotatable bonds is 6. The van der Waals surface area contributed by atoms with Gasteiger partial charge >= 0.3 is 0 Å². The SMILES string of the molecule is COc1ccc([C@@H]2C(C(C)=O)=C(O)C(=O)N2Cc2cccnc2)cc1OC. The van der Waals surface area contributed by atoms with E-state index in [9.17, 15) is 14.7 Å². The lowest BCUT2D eigenvalue weighted by atomic mass is 9.96. The fraction of sp³-hybridized carbons (Fsp3) is 0.250. The molecule has 1 aliphatic heterocycles. The van der Waals surface area contributed by atoms with Gasteiger partial charge in [-0.25, -0.2) is 0 Å². The number of aromatic nitrogens is 1. The molecule has 2 heterocycles. The molecular weight excluding hydrogens is 348 g/mol. The fourth-order valence-corrected chi connectivity index (χ4v) is 3.23. The summed E-state index contributed by atoms with van der Waals surface area (Å²) in [6, 6.07) is 8.02. The van der Waals surface area contributed by atoms with Crippen LogP contribution in [0.4, 0.5) is 0 Å². The summed E-state index contributed by atoms with van der Waals surface area (Å²) in [6.45, 7) is 1.53. The van der Waals surface area contributed by atoms with Crippen LogP contribution in [-0.2, 0) is 16.1 Å². The topological polar surface area (TPSA) is 89.0 Å². The van der Waals surface area contributed by atoms with Crippen LogP contribution in [-0.4, -0.2) is 40.9 Å². The third kappa shape index (κ3) is 3.36. The Hall–Kier alpha value is -3.35. The largest absolute Gasteiger partial charge is 0.503 e. The normalized spacial score (nSPS) is 16.6. The highest BCUT2D eigenvalue weighted by Crippen LogP contribution is 2.41. The number of Topliss-reactive ketones (excluding diaryl/α,β-unsaturated/α-hetero) is 1. The molecule has 27 heavy (non-hydrogen) atoms. The number of aliphatic hydroxyl groups excluding tert-OH is 1. The van der Waals surface area contributed by atoms with Gasteiger partial charge in [-0.05, 0) is 36.2 Å². The van der Waals surface area contributed by atoms with Gasteiger partial charge in [0.1, 0.15) is 0 Å². The van der Waals surface area contributed by atoms with Gasteiger partial charge in [0, 0.05) is 18.9 Å². The minimum absolute atomic E-state index is 0.0658. The molecule has 7 heteroatoms. The second-order valence-corrected chi connectivity index (χ2v) is 6.13. The number of pyridine rings is 1. The zero-order valence-corrected chi connectivity index (χ0v) is 15.3. The standard InChI is InChI=1S/C20H20N2O5/c1-12(23)17-18(14-6-7-15(26-2)16(9-14)27-3)22(20(25)19(17)24)11-13-5-4-8-21-10-13/h4-10,18,24H,11H2,1-3H3/t18-/m1/s1. The molecule has 3 rings (SSSR count). The Bertz CT molecular complexity index is 908. The molecule has 2 aromatic rings. The van der Waals surface area contributed by atoms with E-state index in [1.54, 1.807) is 36.7 Å². The van der Waals surface area contributed by atoms with Crippen molar-refractivity contribution in [2.45, 2.75) is 19.5 Å². The number of ether oxygens (including phenoxy) is 2. The lowest BCUT2D eigenvalue weighted by molar-refractivity contribution is -0.130. The predicted octanol–water partition coefficient (Wildman–Crippen LogP) is 2.58. The molecule has 0 saturated carbocycles. The zero-order chi connectivity index (χ0) is 19.6. The monoisotopic (exact) mass is 368 g/mol. The fourth-order valence-electron chi connectivity index (χ4n) is 3.23. The zero-order valence-electron chi connectivity index (χ0n) is 15.3. The Morgan fingerprint density at radius 1 is 1.22 bits per heavy atom. The van der Waals surface area contributed by atoms with Gasteiger partial charge in [-0.2, -0.15) is 0 Å². The van der Waals surface area contributed by atoms with Crippen LogP contribution in [0.25, 0.3) is 0 Å². The van der Waals surface area contributed by atoms with Gasteiger partial charge in [-0.3, -0.25) is 14.6 Å². The predicted molar refractivity (Wildman–Crippen MR) is 97.4 cm³/mol. The van der Waals surface area contributed by atoms with Gasteiger partial charge in [0.05, 0.1) is 25.8 Å². The van der Waals surface area contributed by atoms with Crippen molar-refractivity contribution in [3.63, 3.8) is 0 Å². The Balaban J connectivity index is 2.08. The van der Waals surface area contributed by atoms with Gasteiger partial charge in [0.2, 0.25) is 0 Å². The molecule has 0 radical (unpaired) electrons. The van der Waals surface area contributed by atoms with Crippen molar-refractivity contribution in [2.75, 3.05) is 14.2 Å². The van der Waals surface area contributed by atoms with Crippen molar-refractivity contribution in [1.82, 2.24) is 9.88 Å². The number of benzene rings is 1. The molecular formula is C20H20N2O5. The Morgan fingerprint density at radius 2 is 1.96 bits per heavy atom. The number of nitrogens with zero attached hydrogens (tertiary/aromatic N) is 2. The van der Waals surface area contributed by atoms with E-state index in [2.05, 4.69) is 4.98 Å². The summed E-state index contributed by atoms with van der Waals surface area (Å²) in [5.74, 6) is -0.482. The van der Waals surface area contributed by atoms with Gasteiger partial charge in [0.25, 0.3) is 5.91 Å². The van der Waals surface area contributed by atoms with E-state index >= 15 is 0 Å². The molecule has 0 saturated heterocycles. The number of amides is 1. The second-order valence-electron chi connectivity index (χ2n) is 6.13. The van der Waals surface area contributed by atoms with Crippen molar-refractivity contribution >= 4 is 11.7 Å². The van der Waals surface area contributed by atoms with Gasteiger partial charge in [-0.1, -0.05) is 12.1 Å². The van der Waals surface area contributed by atoms with Crippen molar-refractivity contribution in [2.24, 2.45) is 0 Å². The molecule has 140 valence electrons. The van der Waals surface area contributed by atoms with Crippen LogP contribution in [0.3, 0.4) is 0 Å². The number of methoxy groups -OCH3 is 2. The first-order chi connectivity index (χ1) is 13.0. The van der Waals surface area contributed by atoms with Crippen LogP contribution in [0.15, 0.2) is 54.1 Å². The van der Waals surface area contributed by atoms with E-state index in [-0.39, 0.29) is 17.9 Å². The smallest absolute Gasteiger partial charge is 0.290 e. The molecule has 1 aliphatic rings. The van der Waals surface area contributed by atoms with Crippen molar-refractivity contribution < 1.29 is 24.2 Å². The van der Waals surface area contributed by atoms with Crippen molar-refractivity contribution in [1.29, 1.82) is 0 Å². The third-order valence-corrected chi connectivity index (χ3v) is 4.48. The van der Waals surface area contributed by atoms with E-state index in [1.165, 1.54) is 26.0 Å². The maximum absolute atomic E-state index is 12.7. The van der Waals surface area contributed by atoms with Crippen LogP contribution >= 0.6 is 0 Å². The Labute approximate surface area is 156 Å². The first-order valence-corrected chi connectivity index (χ1v) is 8.33. The van der Waals surface area contributed by atoms with E-state index in [0.29, 0.717) is 17.1 Å². The number of hydrogen-bond donors (Lipinski definition) is 1. The summed E-state index contributed by atoms with van der Waals surface area (Å²) in [5, 5.41) is 10.3. The average molecular weight is 368 g/mol. The summed E-state index contributed by atoms with van der Waals surface area (Å²) in [4.78, 5) is 30.4. The average Bonchev–Trinajstić information content (AvgIpc) is 2.93. The summed E-state index contributed by atoms with van der Waals surface area (Å²) in [7, 11) is 3.03. The molecule has 0 spiro atoms. The number of hydrogen-bond acceptors (Lipinski definition) is 6. The van der Waals surface area contributed by atoms with Gasteiger partial charge in [-0.15, -0.1) is 0 Å². The highest BCUT2D eigenvalue weighted by Gasteiger charge is 2.42. The van der Waals surface area contributed by atoms with Gasteiger partial charge in [0.15, 0.2) is 23.0 Å². The quantitative estimate of drug-likeness (QED) is 0.843. The number of carbonyl (C=O) groups excluding carboxylic acids is 2. The van der Waals surface area contributed by atoms with Crippen molar-refractivity contribution in [3.8, 4) is 11.5 Å². The molecule has 1 atom stereocenters. The molecule has 0 aliphatic carbocycles. The summed E-state index contributed by atoms with van der Waals surface area (Å²) < 4.78 is 10.6. The highest BCUT2D eigenvalue weighted by atomic mass is 16.5. The number of ketones is 1. The van der Waals surface area contributed by atoms with Gasteiger partial charge < -0.3 is 19.5 Å². The van der Waals surface area contributed by atoms with Crippen LogP contribution in [0.1, 0.15) is 24.1 Å². The second kappa shape index (κ2) is 7.49. The third-order valence-electron chi connectivity index (χ3n) is 4.48. The lowest BCUT2D eigenvalue weighted by Gasteiger charge is -2.27. The maximum atomic E-state index is 12.7.